The zero-order valence-electron chi connectivity index (χ0n) is 11.1. The van der Waals surface area contributed by atoms with Crippen LogP contribution in [-0.4, -0.2) is 28.6 Å². The second-order valence-corrected chi connectivity index (χ2v) is 4.99. The number of benzene rings is 2. The van der Waals surface area contributed by atoms with Crippen LogP contribution in [0.15, 0.2) is 36.5 Å². The number of nitrogens with zero attached hydrogens (tertiary/aromatic N) is 1. The van der Waals surface area contributed by atoms with Crippen molar-refractivity contribution in [3.8, 4) is 11.5 Å². The lowest BCUT2D eigenvalue weighted by atomic mass is 10.0. The van der Waals surface area contributed by atoms with Crippen LogP contribution in [0, 0.1) is 0 Å². The van der Waals surface area contributed by atoms with Crippen molar-refractivity contribution in [1.29, 1.82) is 0 Å². The van der Waals surface area contributed by atoms with E-state index in [9.17, 15) is 10.2 Å². The minimum Gasteiger partial charge on any atom is -0.454 e. The van der Waals surface area contributed by atoms with Crippen LogP contribution in [0.25, 0.3) is 21.7 Å². The molecule has 0 aliphatic carbocycles. The summed E-state index contributed by atoms with van der Waals surface area (Å²) >= 11 is 0. The summed E-state index contributed by atoms with van der Waals surface area (Å²) in [5.41, 5.74) is 1.31. The summed E-state index contributed by atoms with van der Waals surface area (Å²) in [5.74, 6) is 1.43. The van der Waals surface area contributed by atoms with E-state index in [-0.39, 0.29) is 13.4 Å². The van der Waals surface area contributed by atoms with Crippen LogP contribution in [0.5, 0.6) is 11.5 Å². The Balaban J connectivity index is 2.05. The Morgan fingerprint density at radius 3 is 2.76 bits per heavy atom. The Morgan fingerprint density at radius 2 is 1.95 bits per heavy atom. The first-order valence-electron chi connectivity index (χ1n) is 6.68. The first-order valence-corrected chi connectivity index (χ1v) is 6.68. The Morgan fingerprint density at radius 1 is 1.14 bits per heavy atom. The van der Waals surface area contributed by atoms with Gasteiger partial charge >= 0.3 is 0 Å². The number of para-hydroxylation sites is 1. The van der Waals surface area contributed by atoms with Gasteiger partial charge in [0.05, 0.1) is 12.1 Å². The zero-order valence-corrected chi connectivity index (χ0v) is 11.1. The van der Waals surface area contributed by atoms with E-state index >= 15 is 0 Å². The highest BCUT2D eigenvalue weighted by molar-refractivity contribution is 6.07. The van der Waals surface area contributed by atoms with Gasteiger partial charge < -0.3 is 19.7 Å². The largest absolute Gasteiger partial charge is 0.454 e. The van der Waals surface area contributed by atoms with E-state index in [4.69, 9.17) is 9.47 Å². The number of hydrogen-bond acceptors (Lipinski definition) is 5. The molecule has 3 aromatic rings. The topological polar surface area (TPSA) is 71.8 Å². The fourth-order valence-corrected chi connectivity index (χ4v) is 2.72. The van der Waals surface area contributed by atoms with Crippen LogP contribution in [0.2, 0.25) is 0 Å². The van der Waals surface area contributed by atoms with Crippen LogP contribution >= 0.6 is 0 Å². The van der Waals surface area contributed by atoms with E-state index in [0.29, 0.717) is 16.8 Å². The molecule has 5 heteroatoms. The predicted octanol–water partition coefficient (Wildman–Crippen LogP) is 2.14. The van der Waals surface area contributed by atoms with Crippen molar-refractivity contribution in [2.45, 2.75) is 6.10 Å². The number of ether oxygens (including phenoxy) is 2. The maximum atomic E-state index is 9.92. The van der Waals surface area contributed by atoms with Gasteiger partial charge in [0.2, 0.25) is 6.79 Å². The molecule has 4 rings (SSSR count). The number of aliphatic hydroxyl groups excluding tert-OH is 2. The van der Waals surface area contributed by atoms with Gasteiger partial charge in [-0.25, -0.2) is 0 Å². The molecule has 2 heterocycles. The minimum atomic E-state index is -0.937. The zero-order chi connectivity index (χ0) is 14.4. The van der Waals surface area contributed by atoms with Crippen molar-refractivity contribution >= 4 is 21.7 Å². The molecular weight excluding hydrogens is 270 g/mol. The third-order valence-corrected chi connectivity index (χ3v) is 3.77. The number of fused-ring (bicyclic) bond motifs is 4. The van der Waals surface area contributed by atoms with E-state index in [2.05, 4.69) is 4.98 Å². The first-order chi connectivity index (χ1) is 10.3. The van der Waals surface area contributed by atoms with Gasteiger partial charge in [-0.05, 0) is 17.5 Å². The quantitative estimate of drug-likeness (QED) is 0.705. The molecular formula is C16H13NO4. The Hall–Kier alpha value is -2.37. The molecule has 0 saturated carbocycles. The predicted molar refractivity (Wildman–Crippen MR) is 77.4 cm³/mol. The molecule has 0 unspecified atom stereocenters. The van der Waals surface area contributed by atoms with E-state index in [0.717, 1.165) is 21.9 Å². The smallest absolute Gasteiger partial charge is 0.231 e. The van der Waals surface area contributed by atoms with Gasteiger partial charge in [-0.3, -0.25) is 4.98 Å². The average molecular weight is 283 g/mol. The van der Waals surface area contributed by atoms with Crippen LogP contribution in [-0.2, 0) is 0 Å². The molecule has 2 N–H and O–H groups in total. The number of hydrogen-bond donors (Lipinski definition) is 2. The first kappa shape index (κ1) is 12.4. The van der Waals surface area contributed by atoms with Crippen LogP contribution < -0.4 is 9.47 Å². The second kappa shape index (κ2) is 4.58. The highest BCUT2D eigenvalue weighted by Gasteiger charge is 2.17. The van der Waals surface area contributed by atoms with E-state index in [1.165, 1.54) is 0 Å². The maximum absolute atomic E-state index is 9.92. The third kappa shape index (κ3) is 1.82. The Kier molecular flexibility index (Phi) is 2.70. The molecule has 0 amide bonds. The molecule has 1 atom stereocenters. The molecule has 1 aliphatic rings. The molecule has 21 heavy (non-hydrogen) atoms. The van der Waals surface area contributed by atoms with Gasteiger partial charge in [0.1, 0.15) is 6.10 Å². The van der Waals surface area contributed by atoms with Crippen molar-refractivity contribution in [3.63, 3.8) is 0 Å². The molecule has 1 aliphatic heterocycles. The van der Waals surface area contributed by atoms with Crippen LogP contribution in [0.3, 0.4) is 0 Å². The highest BCUT2D eigenvalue weighted by Crippen LogP contribution is 2.38. The van der Waals surface area contributed by atoms with Crippen molar-refractivity contribution in [2.24, 2.45) is 0 Å². The molecule has 2 aromatic carbocycles. The SMILES string of the molecule is OC[C@@H](O)c1cccc2c1ncc1cc3c(cc12)OCO3. The van der Waals surface area contributed by atoms with Gasteiger partial charge in [-0.15, -0.1) is 0 Å². The lowest BCUT2D eigenvalue weighted by molar-refractivity contribution is 0.0966. The van der Waals surface area contributed by atoms with E-state index < -0.39 is 6.10 Å². The van der Waals surface area contributed by atoms with Crippen molar-refractivity contribution in [1.82, 2.24) is 4.98 Å². The highest BCUT2D eigenvalue weighted by atomic mass is 16.7. The molecule has 1 aromatic heterocycles. The number of pyridine rings is 1. The summed E-state index contributed by atoms with van der Waals surface area (Å²) in [4.78, 5) is 4.44. The standard InChI is InChI=1S/C16H13NO4/c18-7-13(19)11-3-1-2-10-12-5-15-14(20-8-21-15)4-9(12)6-17-16(10)11/h1-6,13,18-19H,7-8H2/t13-/m1/s1. The van der Waals surface area contributed by atoms with E-state index in [1.54, 1.807) is 12.3 Å². The number of rotatable bonds is 2. The summed E-state index contributed by atoms with van der Waals surface area (Å²) in [7, 11) is 0. The lowest BCUT2D eigenvalue weighted by Crippen LogP contribution is -2.03. The van der Waals surface area contributed by atoms with Gasteiger partial charge in [0, 0.05) is 22.5 Å². The monoisotopic (exact) mass is 283 g/mol. The normalized spacial score (nSPS) is 14.8. The average Bonchev–Trinajstić information content (AvgIpc) is 2.98. The number of aliphatic hydroxyl groups is 2. The van der Waals surface area contributed by atoms with Crippen LogP contribution in [0.4, 0.5) is 0 Å². The molecule has 0 radical (unpaired) electrons. The summed E-state index contributed by atoms with van der Waals surface area (Å²) in [5, 5.41) is 21.9. The molecule has 0 saturated heterocycles. The second-order valence-electron chi connectivity index (χ2n) is 4.99. The number of aromatic nitrogens is 1. The van der Waals surface area contributed by atoms with Crippen molar-refractivity contribution < 1.29 is 19.7 Å². The van der Waals surface area contributed by atoms with Gasteiger partial charge in [-0.1, -0.05) is 18.2 Å². The summed E-state index contributed by atoms with van der Waals surface area (Å²) < 4.78 is 10.8. The molecule has 106 valence electrons. The fraction of sp³-hybridized carbons (Fsp3) is 0.188. The van der Waals surface area contributed by atoms with Gasteiger partial charge in [0.15, 0.2) is 11.5 Å². The molecule has 5 nitrogen and oxygen atoms in total. The molecule has 0 fully saturated rings. The van der Waals surface area contributed by atoms with Gasteiger partial charge in [0.25, 0.3) is 0 Å². The minimum absolute atomic E-state index is 0.228. The van der Waals surface area contributed by atoms with Crippen molar-refractivity contribution in [3.05, 3.63) is 42.1 Å². The van der Waals surface area contributed by atoms with Crippen LogP contribution in [0.1, 0.15) is 11.7 Å². The van der Waals surface area contributed by atoms with E-state index in [1.807, 2.05) is 24.3 Å². The summed E-state index contributed by atoms with van der Waals surface area (Å²) in [6.07, 6.45) is 0.806. The fourth-order valence-electron chi connectivity index (χ4n) is 2.72. The molecule has 0 bridgehead atoms. The Labute approximate surface area is 120 Å². The summed E-state index contributed by atoms with van der Waals surface area (Å²) in [6.45, 7) is -0.106. The molecule has 0 spiro atoms. The Bertz CT molecular complexity index is 846. The van der Waals surface area contributed by atoms with Gasteiger partial charge in [-0.2, -0.15) is 0 Å². The third-order valence-electron chi connectivity index (χ3n) is 3.77. The van der Waals surface area contributed by atoms with Crippen molar-refractivity contribution in [2.75, 3.05) is 13.4 Å². The summed E-state index contributed by atoms with van der Waals surface area (Å²) in [6, 6.07) is 9.40. The maximum Gasteiger partial charge on any atom is 0.231 e. The lowest BCUT2D eigenvalue weighted by Gasteiger charge is -2.12.